The van der Waals surface area contributed by atoms with Crippen LogP contribution in [0.2, 0.25) is 0 Å². The lowest BCUT2D eigenvalue weighted by molar-refractivity contribution is -0.117. The number of carbonyl (C=O) groups excluding carboxylic acids is 1. The van der Waals surface area contributed by atoms with Gasteiger partial charge in [0.15, 0.2) is 0 Å². The average molecular weight is 554 g/mol. The normalized spacial score (nSPS) is 11.8. The van der Waals surface area contributed by atoms with E-state index in [4.69, 9.17) is 9.97 Å². The third-order valence-electron chi connectivity index (χ3n) is 7.41. The predicted octanol–water partition coefficient (Wildman–Crippen LogP) is 5.51. The Hall–Kier alpha value is -5.26. The summed E-state index contributed by atoms with van der Waals surface area (Å²) in [5.74, 6) is 6.90. The van der Waals surface area contributed by atoms with Gasteiger partial charge in [0.25, 0.3) is 0 Å². The molecule has 0 aliphatic heterocycles. The van der Waals surface area contributed by atoms with E-state index in [0.29, 0.717) is 11.5 Å². The highest BCUT2D eigenvalue weighted by molar-refractivity contribution is 5.94. The van der Waals surface area contributed by atoms with Gasteiger partial charge in [-0.25, -0.2) is 9.97 Å². The molecule has 8 nitrogen and oxygen atoms in total. The van der Waals surface area contributed by atoms with Crippen LogP contribution in [0.5, 0.6) is 0 Å². The van der Waals surface area contributed by atoms with Crippen molar-refractivity contribution in [1.82, 2.24) is 29.5 Å². The van der Waals surface area contributed by atoms with Gasteiger partial charge < -0.3 is 10.6 Å². The number of nitrogens with one attached hydrogen (secondary N) is 2. The summed E-state index contributed by atoms with van der Waals surface area (Å²) in [6.07, 6.45) is 5.77. The second-order valence-electron chi connectivity index (χ2n) is 10.5. The maximum Gasteiger partial charge on any atom is 0.242 e. The number of fused-ring (bicyclic) bond motifs is 2. The maximum atomic E-state index is 12.7. The van der Waals surface area contributed by atoms with Gasteiger partial charge in [-0.05, 0) is 92.0 Å². The number of imidazole rings is 1. The van der Waals surface area contributed by atoms with Crippen molar-refractivity contribution in [3.8, 4) is 34.4 Å². The highest BCUT2D eigenvalue weighted by atomic mass is 16.2. The molecule has 0 unspecified atom stereocenters. The molecule has 0 bridgehead atoms. The Morgan fingerprint density at radius 1 is 1.00 bits per heavy atom. The van der Waals surface area contributed by atoms with Crippen molar-refractivity contribution >= 4 is 28.1 Å². The lowest BCUT2D eigenvalue weighted by Gasteiger charge is -2.12. The molecule has 6 rings (SSSR count). The number of hydrogen-bond acceptors (Lipinski definition) is 5. The fourth-order valence-electron chi connectivity index (χ4n) is 4.98. The molecule has 2 aromatic carbocycles. The summed E-state index contributed by atoms with van der Waals surface area (Å²) in [6, 6.07) is 20.0. The van der Waals surface area contributed by atoms with Crippen LogP contribution in [0.3, 0.4) is 0 Å². The van der Waals surface area contributed by atoms with Crippen LogP contribution in [0.25, 0.3) is 38.9 Å². The molecule has 8 heteroatoms. The Morgan fingerprint density at radius 2 is 1.86 bits per heavy atom. The van der Waals surface area contributed by atoms with E-state index in [1.54, 1.807) is 24.7 Å². The van der Waals surface area contributed by atoms with E-state index in [1.807, 2.05) is 50.8 Å². The number of pyridine rings is 2. The van der Waals surface area contributed by atoms with Crippen LogP contribution in [0, 0.1) is 25.7 Å². The van der Waals surface area contributed by atoms with E-state index in [0.717, 1.165) is 44.7 Å². The molecule has 0 aliphatic rings. The SMILES string of the molecule is CN[C@@H](C)C(=O)Nc1ccc(-c2c(-c3cnn(C)c3)nc3cc(C)ccn23)c(C#Cc2ccc3c(C)cccc3c2)n1. The molecule has 1 amide bonds. The smallest absolute Gasteiger partial charge is 0.242 e. The van der Waals surface area contributed by atoms with Gasteiger partial charge in [0.05, 0.1) is 17.9 Å². The number of carbonyl (C=O) groups is 1. The molecule has 0 saturated carbocycles. The van der Waals surface area contributed by atoms with E-state index in [9.17, 15) is 4.79 Å². The van der Waals surface area contributed by atoms with Crippen molar-refractivity contribution in [2.45, 2.75) is 26.8 Å². The second kappa shape index (κ2) is 11.0. The monoisotopic (exact) mass is 553 g/mol. The van der Waals surface area contributed by atoms with Gasteiger partial charge >= 0.3 is 0 Å². The third kappa shape index (κ3) is 5.14. The molecule has 0 radical (unpaired) electrons. The van der Waals surface area contributed by atoms with E-state index in [2.05, 4.69) is 75.3 Å². The number of aryl methyl sites for hydroxylation is 3. The number of rotatable bonds is 5. The Balaban J connectivity index is 1.54. The third-order valence-corrected chi connectivity index (χ3v) is 7.41. The number of nitrogens with zero attached hydrogens (tertiary/aromatic N) is 5. The zero-order chi connectivity index (χ0) is 29.4. The van der Waals surface area contributed by atoms with Crippen LogP contribution < -0.4 is 10.6 Å². The molecule has 0 aliphatic carbocycles. The summed E-state index contributed by atoms with van der Waals surface area (Å²) in [5.41, 5.74) is 7.87. The highest BCUT2D eigenvalue weighted by Crippen LogP contribution is 2.35. The molecular weight excluding hydrogens is 522 g/mol. The molecule has 6 aromatic rings. The standard InChI is InChI=1S/C34H31N7O/c1-21-15-16-41-31(17-21)39-32(26-19-36-40(5)20-26)33(41)28-12-14-30(38-34(42)23(3)35-4)37-29(28)13-10-24-9-11-27-22(2)7-6-8-25(27)18-24/h6-9,11-12,14-20,23,35H,1-5H3,(H,37,38,42)/t23-/m0/s1. The molecule has 208 valence electrons. The largest absolute Gasteiger partial charge is 0.309 e. The Kier molecular flexibility index (Phi) is 7.03. The van der Waals surface area contributed by atoms with Crippen molar-refractivity contribution in [1.29, 1.82) is 0 Å². The first-order chi connectivity index (χ1) is 20.3. The van der Waals surface area contributed by atoms with E-state index < -0.39 is 0 Å². The molecule has 2 N–H and O–H groups in total. The summed E-state index contributed by atoms with van der Waals surface area (Å²) in [6.45, 7) is 5.95. The molecule has 42 heavy (non-hydrogen) atoms. The first-order valence-corrected chi connectivity index (χ1v) is 13.8. The second-order valence-corrected chi connectivity index (χ2v) is 10.5. The highest BCUT2D eigenvalue weighted by Gasteiger charge is 2.21. The molecule has 1 atom stereocenters. The minimum atomic E-state index is -0.374. The zero-order valence-corrected chi connectivity index (χ0v) is 24.2. The number of amides is 1. The molecule has 0 saturated heterocycles. The van der Waals surface area contributed by atoms with Gasteiger partial charge in [0.1, 0.15) is 22.9 Å². The van der Waals surface area contributed by atoms with Crippen molar-refractivity contribution in [2.24, 2.45) is 7.05 Å². The summed E-state index contributed by atoms with van der Waals surface area (Å²) in [4.78, 5) is 22.5. The van der Waals surface area contributed by atoms with E-state index >= 15 is 0 Å². The topological polar surface area (TPSA) is 89.1 Å². The Labute approximate surface area is 244 Å². The molecule has 0 fully saturated rings. The van der Waals surface area contributed by atoms with Gasteiger partial charge in [-0.15, -0.1) is 0 Å². The summed E-state index contributed by atoms with van der Waals surface area (Å²) in [7, 11) is 3.63. The summed E-state index contributed by atoms with van der Waals surface area (Å²) in [5, 5.41) is 12.6. The molecule has 0 spiro atoms. The zero-order valence-electron chi connectivity index (χ0n) is 24.2. The van der Waals surface area contributed by atoms with Crippen LogP contribution >= 0.6 is 0 Å². The van der Waals surface area contributed by atoms with Crippen LogP contribution in [0.4, 0.5) is 5.82 Å². The maximum absolute atomic E-state index is 12.7. The van der Waals surface area contributed by atoms with Crippen molar-refractivity contribution < 1.29 is 4.79 Å². The molecular formula is C34H31N7O. The van der Waals surface area contributed by atoms with Crippen molar-refractivity contribution in [3.63, 3.8) is 0 Å². The first kappa shape index (κ1) is 26.9. The summed E-state index contributed by atoms with van der Waals surface area (Å²) >= 11 is 0. The number of aromatic nitrogens is 5. The predicted molar refractivity (Wildman–Crippen MR) is 167 cm³/mol. The number of likely N-dealkylation sites (N-methyl/N-ethyl adjacent to an activating group) is 1. The number of hydrogen-bond donors (Lipinski definition) is 2. The van der Waals surface area contributed by atoms with Gasteiger partial charge in [-0.2, -0.15) is 5.10 Å². The van der Waals surface area contributed by atoms with Gasteiger partial charge in [-0.1, -0.05) is 30.2 Å². The number of anilines is 1. The van der Waals surface area contributed by atoms with Crippen LogP contribution in [0.1, 0.15) is 29.3 Å². The van der Waals surface area contributed by atoms with Crippen molar-refractivity contribution in [3.05, 3.63) is 102 Å². The van der Waals surface area contributed by atoms with Gasteiger partial charge in [0, 0.05) is 36.1 Å². The fraction of sp³-hybridized carbons (Fsp3) is 0.176. The molecule has 4 aromatic heterocycles. The Bertz CT molecular complexity index is 2040. The van der Waals surface area contributed by atoms with Gasteiger partial charge in [0.2, 0.25) is 5.91 Å². The van der Waals surface area contributed by atoms with E-state index in [-0.39, 0.29) is 11.9 Å². The first-order valence-electron chi connectivity index (χ1n) is 13.8. The van der Waals surface area contributed by atoms with Gasteiger partial charge in [-0.3, -0.25) is 13.9 Å². The van der Waals surface area contributed by atoms with Crippen LogP contribution in [-0.4, -0.2) is 43.1 Å². The van der Waals surface area contributed by atoms with Crippen LogP contribution in [-0.2, 0) is 11.8 Å². The minimum absolute atomic E-state index is 0.178. The van der Waals surface area contributed by atoms with Crippen molar-refractivity contribution in [2.75, 3.05) is 12.4 Å². The van der Waals surface area contributed by atoms with Crippen LogP contribution in [0.15, 0.2) is 79.3 Å². The molecule has 4 heterocycles. The lowest BCUT2D eigenvalue weighted by Crippen LogP contribution is -2.35. The quantitative estimate of drug-likeness (QED) is 0.275. The fourth-order valence-corrected chi connectivity index (χ4v) is 4.98. The average Bonchev–Trinajstić information content (AvgIpc) is 3.58. The lowest BCUT2D eigenvalue weighted by atomic mass is 10.0. The minimum Gasteiger partial charge on any atom is -0.309 e. The number of benzene rings is 2. The van der Waals surface area contributed by atoms with E-state index in [1.165, 1.54) is 10.9 Å². The summed E-state index contributed by atoms with van der Waals surface area (Å²) < 4.78 is 3.81. The Morgan fingerprint density at radius 3 is 2.64 bits per heavy atom.